The first-order chi connectivity index (χ1) is 16.3. The molecule has 0 atom stereocenters. The van der Waals surface area contributed by atoms with Crippen LogP contribution in [0.25, 0.3) is 10.9 Å². The lowest BCUT2D eigenvalue weighted by Gasteiger charge is -2.31. The number of hydrogen-bond donors (Lipinski definition) is 3. The second-order valence-electron chi connectivity index (χ2n) is 8.18. The number of alkyl halides is 3. The molecule has 0 unspecified atom stereocenters. The number of pyridine rings is 1. The van der Waals surface area contributed by atoms with Gasteiger partial charge in [0.25, 0.3) is 0 Å². The van der Waals surface area contributed by atoms with E-state index in [1.165, 1.54) is 6.20 Å². The Morgan fingerprint density at radius 3 is 2.31 bits per heavy atom. The molecule has 0 radical (unpaired) electrons. The van der Waals surface area contributed by atoms with Gasteiger partial charge in [0.2, 0.25) is 5.43 Å². The molecule has 4 rings (SSSR count). The first-order valence-corrected chi connectivity index (χ1v) is 10.6. The zero-order valence-electron chi connectivity index (χ0n) is 18.2. The average molecular weight is 503 g/mol. The van der Waals surface area contributed by atoms with E-state index in [1.807, 2.05) is 0 Å². The van der Waals surface area contributed by atoms with Crippen molar-refractivity contribution in [1.29, 1.82) is 0 Å². The highest BCUT2D eigenvalue weighted by atomic mass is 19.4. The number of carboxylic acid groups (broad SMARTS) is 2. The lowest BCUT2D eigenvalue weighted by atomic mass is 10.0. The summed E-state index contributed by atoms with van der Waals surface area (Å²) in [6, 6.07) is 2.79. The van der Waals surface area contributed by atoms with Gasteiger partial charge in [-0.15, -0.1) is 0 Å². The number of piperidine rings is 1. The van der Waals surface area contributed by atoms with Crippen LogP contribution in [0.4, 0.5) is 27.6 Å². The summed E-state index contributed by atoms with van der Waals surface area (Å²) < 4.78 is 62.3. The maximum absolute atomic E-state index is 14.9. The molecule has 0 spiro atoms. The molecule has 190 valence electrons. The standard InChI is InChI=1S/C20H21F2N3O3.C2HF3O2/c21-15-6-13-17(25(12-3-4-12)10-14(19(13)26)20(27)28)7-18(15)24-5-1-2-11(9-24)16(22)8-23;3-2(4,5)1(6)7/h6-7,10,12H,1-5,8-9,23H2,(H,27,28);(H,6,7)/b16-11+;. The molecule has 1 aromatic carbocycles. The molecule has 0 bridgehead atoms. The smallest absolute Gasteiger partial charge is 0.477 e. The Bertz CT molecular complexity index is 1250. The van der Waals surface area contributed by atoms with E-state index in [0.29, 0.717) is 30.5 Å². The van der Waals surface area contributed by atoms with E-state index < -0.39 is 29.4 Å². The van der Waals surface area contributed by atoms with Crippen molar-refractivity contribution < 1.29 is 41.8 Å². The quantitative estimate of drug-likeness (QED) is 0.545. The third-order valence-electron chi connectivity index (χ3n) is 5.71. The van der Waals surface area contributed by atoms with Crippen LogP contribution in [-0.4, -0.2) is 52.5 Å². The predicted molar refractivity (Wildman–Crippen MR) is 116 cm³/mol. The molecule has 13 heteroatoms. The third-order valence-corrected chi connectivity index (χ3v) is 5.71. The number of hydrogen-bond acceptors (Lipinski definition) is 5. The van der Waals surface area contributed by atoms with Crippen LogP contribution in [0.5, 0.6) is 0 Å². The van der Waals surface area contributed by atoms with Crippen LogP contribution >= 0.6 is 0 Å². The maximum Gasteiger partial charge on any atom is 0.490 e. The Kier molecular flexibility index (Phi) is 7.48. The number of halogens is 5. The number of aliphatic carboxylic acids is 1. The largest absolute Gasteiger partial charge is 0.490 e. The second-order valence-corrected chi connectivity index (χ2v) is 8.18. The lowest BCUT2D eigenvalue weighted by Crippen LogP contribution is -2.33. The first kappa shape index (κ1) is 26.1. The highest BCUT2D eigenvalue weighted by Gasteiger charge is 2.38. The molecule has 1 saturated carbocycles. The van der Waals surface area contributed by atoms with Gasteiger partial charge in [-0.1, -0.05) is 0 Å². The van der Waals surface area contributed by atoms with E-state index in [-0.39, 0.29) is 41.6 Å². The number of carbonyl (C=O) groups is 2. The fourth-order valence-electron chi connectivity index (χ4n) is 3.85. The summed E-state index contributed by atoms with van der Waals surface area (Å²) >= 11 is 0. The van der Waals surface area contributed by atoms with Gasteiger partial charge in [-0.25, -0.2) is 18.4 Å². The van der Waals surface area contributed by atoms with Crippen LogP contribution < -0.4 is 16.1 Å². The topological polar surface area (TPSA) is 126 Å². The van der Waals surface area contributed by atoms with Crippen LogP contribution in [0, 0.1) is 5.82 Å². The minimum atomic E-state index is -5.08. The highest BCUT2D eigenvalue weighted by Crippen LogP contribution is 2.38. The van der Waals surface area contributed by atoms with Gasteiger partial charge in [0, 0.05) is 37.3 Å². The molecule has 2 heterocycles. The van der Waals surface area contributed by atoms with Gasteiger partial charge in [-0.2, -0.15) is 13.2 Å². The molecule has 1 aliphatic heterocycles. The number of nitrogens with two attached hydrogens (primary N) is 1. The Morgan fingerprint density at radius 2 is 1.80 bits per heavy atom. The molecule has 1 saturated heterocycles. The van der Waals surface area contributed by atoms with E-state index in [4.69, 9.17) is 15.6 Å². The molecule has 1 aliphatic carbocycles. The van der Waals surface area contributed by atoms with Crippen molar-refractivity contribution >= 4 is 28.5 Å². The normalized spacial score (nSPS) is 17.6. The minimum Gasteiger partial charge on any atom is -0.477 e. The fourth-order valence-corrected chi connectivity index (χ4v) is 3.85. The molecular weight excluding hydrogens is 481 g/mol. The summed E-state index contributed by atoms with van der Waals surface area (Å²) in [5, 5.41) is 16.5. The molecule has 2 aliphatic rings. The number of aromatic carboxylic acids is 1. The van der Waals surface area contributed by atoms with Crippen molar-refractivity contribution in [2.75, 3.05) is 24.5 Å². The SMILES string of the molecule is NC/C(F)=C1/CCCN(c2cc3c(cc2F)c(=O)c(C(=O)O)cn3C2CC2)C1.O=C(O)C(F)(F)F. The number of aromatic nitrogens is 1. The van der Waals surface area contributed by atoms with Crippen molar-refractivity contribution in [3.05, 3.63) is 51.3 Å². The Hall–Kier alpha value is -3.48. The summed E-state index contributed by atoms with van der Waals surface area (Å²) in [6.45, 7) is 0.625. The number of anilines is 1. The molecule has 35 heavy (non-hydrogen) atoms. The van der Waals surface area contributed by atoms with Gasteiger partial charge in [0.1, 0.15) is 17.2 Å². The van der Waals surface area contributed by atoms with Crippen LogP contribution in [0.3, 0.4) is 0 Å². The van der Waals surface area contributed by atoms with E-state index in [1.54, 1.807) is 15.5 Å². The Morgan fingerprint density at radius 1 is 1.17 bits per heavy atom. The van der Waals surface area contributed by atoms with E-state index in [2.05, 4.69) is 0 Å². The zero-order chi connectivity index (χ0) is 26.1. The van der Waals surface area contributed by atoms with E-state index in [9.17, 15) is 36.6 Å². The van der Waals surface area contributed by atoms with Gasteiger partial charge in [-0.3, -0.25) is 4.79 Å². The number of fused-ring (bicyclic) bond motifs is 1. The van der Waals surface area contributed by atoms with Gasteiger partial charge >= 0.3 is 18.1 Å². The Labute approximate surface area is 195 Å². The van der Waals surface area contributed by atoms with Crippen LogP contribution in [-0.2, 0) is 4.79 Å². The van der Waals surface area contributed by atoms with Crippen molar-refractivity contribution in [3.8, 4) is 0 Å². The first-order valence-electron chi connectivity index (χ1n) is 10.6. The minimum absolute atomic E-state index is 0.0500. The fraction of sp³-hybridized carbons (Fsp3) is 0.409. The summed E-state index contributed by atoms with van der Waals surface area (Å²) in [7, 11) is 0. The summed E-state index contributed by atoms with van der Waals surface area (Å²) in [4.78, 5) is 34.6. The van der Waals surface area contributed by atoms with E-state index in [0.717, 1.165) is 18.9 Å². The molecule has 2 fully saturated rings. The van der Waals surface area contributed by atoms with Crippen LogP contribution in [0.2, 0.25) is 0 Å². The molecular formula is C22H22F5N3O5. The second kappa shape index (κ2) is 10.0. The van der Waals surface area contributed by atoms with Crippen molar-refractivity contribution in [2.24, 2.45) is 5.73 Å². The van der Waals surface area contributed by atoms with Crippen molar-refractivity contribution in [2.45, 2.75) is 37.9 Å². The molecule has 8 nitrogen and oxygen atoms in total. The van der Waals surface area contributed by atoms with E-state index >= 15 is 0 Å². The van der Waals surface area contributed by atoms with Gasteiger partial charge in [-0.05, 0) is 43.4 Å². The van der Waals surface area contributed by atoms with Gasteiger partial charge < -0.3 is 25.4 Å². The summed E-state index contributed by atoms with van der Waals surface area (Å²) in [6.07, 6.45) is -0.719. The summed E-state index contributed by atoms with van der Waals surface area (Å²) in [5.74, 6) is -5.07. The molecule has 0 amide bonds. The third kappa shape index (κ3) is 5.78. The van der Waals surface area contributed by atoms with Crippen LogP contribution in [0.1, 0.15) is 42.1 Å². The predicted octanol–water partition coefficient (Wildman–Crippen LogP) is 3.59. The molecule has 2 aromatic rings. The monoisotopic (exact) mass is 503 g/mol. The Balaban J connectivity index is 0.000000429. The number of carboxylic acids is 2. The summed E-state index contributed by atoms with van der Waals surface area (Å²) in [5.41, 5.74) is 5.69. The van der Waals surface area contributed by atoms with Crippen molar-refractivity contribution in [1.82, 2.24) is 4.57 Å². The van der Waals surface area contributed by atoms with Crippen molar-refractivity contribution in [3.63, 3.8) is 0 Å². The van der Waals surface area contributed by atoms with Gasteiger partial charge in [0.15, 0.2) is 0 Å². The van der Waals surface area contributed by atoms with Crippen LogP contribution in [0.15, 0.2) is 34.5 Å². The molecule has 4 N–H and O–H groups in total. The molecule has 1 aromatic heterocycles. The number of nitrogens with zero attached hydrogens (tertiary/aromatic N) is 2. The lowest BCUT2D eigenvalue weighted by molar-refractivity contribution is -0.192. The highest BCUT2D eigenvalue weighted by molar-refractivity contribution is 5.93. The van der Waals surface area contributed by atoms with Gasteiger partial charge in [0.05, 0.1) is 11.2 Å². The average Bonchev–Trinajstić information content (AvgIpc) is 3.63. The maximum atomic E-state index is 14.9. The zero-order valence-corrected chi connectivity index (χ0v) is 18.2. The number of benzene rings is 1. The number of rotatable bonds is 4.